The van der Waals surface area contributed by atoms with E-state index in [0.717, 1.165) is 11.3 Å². The zero-order valence-electron chi connectivity index (χ0n) is 6.13. The van der Waals surface area contributed by atoms with Crippen LogP contribution in [0.5, 0.6) is 0 Å². The molecule has 0 aliphatic heterocycles. The molecule has 0 saturated carbocycles. The molecule has 2 N–H and O–H groups in total. The first-order valence-electron chi connectivity index (χ1n) is 3.41. The van der Waals surface area contributed by atoms with Gasteiger partial charge in [-0.25, -0.2) is 0 Å². The number of hydrogen-bond donors (Lipinski definition) is 1. The molecule has 0 fully saturated rings. The van der Waals surface area contributed by atoms with Crippen molar-refractivity contribution in [3.63, 3.8) is 0 Å². The first-order chi connectivity index (χ1) is 5.33. The summed E-state index contributed by atoms with van der Waals surface area (Å²) in [6.07, 6.45) is 3.83. The number of nitrogen functional groups attached to an aromatic ring is 1. The highest BCUT2D eigenvalue weighted by atomic mass is 35.5. The van der Waals surface area contributed by atoms with E-state index in [-0.39, 0.29) is 0 Å². The van der Waals surface area contributed by atoms with Crippen molar-refractivity contribution in [2.24, 2.45) is 0 Å². The molecule has 0 unspecified atom stereocenters. The molecule has 1 rings (SSSR count). The Morgan fingerprint density at radius 3 is 2.91 bits per heavy atom. The maximum Gasteiger partial charge on any atom is 0.0407 e. The molecule has 0 heterocycles. The van der Waals surface area contributed by atoms with E-state index in [2.05, 4.69) is 0 Å². The fourth-order valence-corrected chi connectivity index (χ4v) is 0.932. The number of nitrogens with two attached hydrogens (primary N) is 1. The van der Waals surface area contributed by atoms with Gasteiger partial charge in [0.25, 0.3) is 0 Å². The van der Waals surface area contributed by atoms with Gasteiger partial charge in [0.2, 0.25) is 0 Å². The molecule has 1 aromatic carbocycles. The quantitative estimate of drug-likeness (QED) is 0.532. The van der Waals surface area contributed by atoms with Crippen molar-refractivity contribution in [3.05, 3.63) is 35.9 Å². The highest BCUT2D eigenvalue weighted by molar-refractivity contribution is 6.19. The van der Waals surface area contributed by atoms with Crippen molar-refractivity contribution in [1.29, 1.82) is 0 Å². The molecule has 0 bridgehead atoms. The predicted octanol–water partition coefficient (Wildman–Crippen LogP) is 2.52. The molecule has 0 aromatic heterocycles. The van der Waals surface area contributed by atoms with Crippen LogP contribution in [0.2, 0.25) is 0 Å². The fourth-order valence-electron chi connectivity index (χ4n) is 0.843. The number of anilines is 1. The summed E-state index contributed by atoms with van der Waals surface area (Å²) in [5.74, 6) is 0.537. The van der Waals surface area contributed by atoms with E-state index in [1.165, 1.54) is 0 Å². The maximum atomic E-state index is 5.56. The van der Waals surface area contributed by atoms with Crippen molar-refractivity contribution in [1.82, 2.24) is 0 Å². The van der Waals surface area contributed by atoms with E-state index in [0.29, 0.717) is 5.88 Å². The van der Waals surface area contributed by atoms with Crippen molar-refractivity contribution >= 4 is 23.4 Å². The average Bonchev–Trinajstić information content (AvgIpc) is 2.01. The Morgan fingerprint density at radius 1 is 1.45 bits per heavy atom. The van der Waals surface area contributed by atoms with E-state index in [1.54, 1.807) is 0 Å². The van der Waals surface area contributed by atoms with Gasteiger partial charge in [-0.15, -0.1) is 11.6 Å². The van der Waals surface area contributed by atoms with Gasteiger partial charge in [0.05, 0.1) is 0 Å². The van der Waals surface area contributed by atoms with Gasteiger partial charge in [0.1, 0.15) is 0 Å². The highest BCUT2D eigenvalue weighted by Crippen LogP contribution is 2.07. The van der Waals surface area contributed by atoms with E-state index in [4.69, 9.17) is 17.3 Å². The van der Waals surface area contributed by atoms with Gasteiger partial charge in [0, 0.05) is 11.6 Å². The summed E-state index contributed by atoms with van der Waals surface area (Å²) in [5, 5.41) is 0. The minimum Gasteiger partial charge on any atom is -0.399 e. The summed E-state index contributed by atoms with van der Waals surface area (Å²) in [6.45, 7) is 0. The van der Waals surface area contributed by atoms with E-state index in [9.17, 15) is 0 Å². The largest absolute Gasteiger partial charge is 0.399 e. The van der Waals surface area contributed by atoms with Crippen LogP contribution in [0.3, 0.4) is 0 Å². The Morgan fingerprint density at radius 2 is 2.27 bits per heavy atom. The van der Waals surface area contributed by atoms with Gasteiger partial charge in [-0.05, 0) is 17.7 Å². The van der Waals surface area contributed by atoms with Crippen molar-refractivity contribution < 1.29 is 0 Å². The third-order valence-electron chi connectivity index (χ3n) is 1.31. The lowest BCUT2D eigenvalue weighted by Crippen LogP contribution is -1.83. The van der Waals surface area contributed by atoms with E-state index >= 15 is 0 Å². The molecule has 0 amide bonds. The Hall–Kier alpha value is -0.950. The van der Waals surface area contributed by atoms with E-state index < -0.39 is 0 Å². The molecular formula is C9H10ClN. The summed E-state index contributed by atoms with van der Waals surface area (Å²) in [7, 11) is 0. The second kappa shape index (κ2) is 4.04. The molecule has 58 valence electrons. The van der Waals surface area contributed by atoms with Crippen LogP contribution in [-0.4, -0.2) is 5.88 Å². The van der Waals surface area contributed by atoms with Gasteiger partial charge < -0.3 is 5.73 Å². The number of halogens is 1. The van der Waals surface area contributed by atoms with Crippen LogP contribution in [0.4, 0.5) is 5.69 Å². The summed E-state index contributed by atoms with van der Waals surface area (Å²) in [4.78, 5) is 0. The van der Waals surface area contributed by atoms with Gasteiger partial charge >= 0.3 is 0 Å². The number of rotatable bonds is 2. The lowest BCUT2D eigenvalue weighted by Gasteiger charge is -1.93. The second-order valence-electron chi connectivity index (χ2n) is 2.23. The highest BCUT2D eigenvalue weighted by Gasteiger charge is 1.85. The molecule has 1 aromatic rings. The third-order valence-corrected chi connectivity index (χ3v) is 1.49. The number of benzene rings is 1. The molecule has 0 radical (unpaired) electrons. The lowest BCUT2D eigenvalue weighted by atomic mass is 10.2. The van der Waals surface area contributed by atoms with Crippen LogP contribution < -0.4 is 5.73 Å². The summed E-state index contributed by atoms with van der Waals surface area (Å²) >= 11 is 5.47. The molecular weight excluding hydrogens is 158 g/mol. The van der Waals surface area contributed by atoms with Crippen molar-refractivity contribution in [2.75, 3.05) is 11.6 Å². The second-order valence-corrected chi connectivity index (χ2v) is 2.54. The van der Waals surface area contributed by atoms with Gasteiger partial charge in [0.15, 0.2) is 0 Å². The van der Waals surface area contributed by atoms with Crippen molar-refractivity contribution in [2.45, 2.75) is 0 Å². The molecule has 0 atom stereocenters. The van der Waals surface area contributed by atoms with Crippen LogP contribution >= 0.6 is 11.6 Å². The van der Waals surface area contributed by atoms with Gasteiger partial charge in [-0.1, -0.05) is 24.3 Å². The van der Waals surface area contributed by atoms with Crippen molar-refractivity contribution in [3.8, 4) is 0 Å². The minimum atomic E-state index is 0.537. The summed E-state index contributed by atoms with van der Waals surface area (Å²) in [5.41, 5.74) is 7.43. The van der Waals surface area contributed by atoms with Gasteiger partial charge in [-0.3, -0.25) is 0 Å². The Labute approximate surface area is 71.5 Å². The number of allylic oxidation sites excluding steroid dienone is 1. The smallest absolute Gasteiger partial charge is 0.0407 e. The van der Waals surface area contributed by atoms with Crippen LogP contribution in [0.1, 0.15) is 5.56 Å². The molecule has 0 aliphatic rings. The minimum absolute atomic E-state index is 0.537. The van der Waals surface area contributed by atoms with Crippen LogP contribution in [-0.2, 0) is 0 Å². The normalized spacial score (nSPS) is 10.6. The molecule has 0 aliphatic carbocycles. The number of hydrogen-bond acceptors (Lipinski definition) is 1. The zero-order valence-corrected chi connectivity index (χ0v) is 6.88. The molecule has 0 saturated heterocycles. The standard InChI is InChI=1S/C9H10ClN/c10-6-2-4-8-3-1-5-9(11)7-8/h1-5,7H,6,11H2. The molecule has 0 spiro atoms. The Bertz CT molecular complexity index is 255. The topological polar surface area (TPSA) is 26.0 Å². The Balaban J connectivity index is 2.79. The average molecular weight is 168 g/mol. The van der Waals surface area contributed by atoms with Crippen LogP contribution in [0, 0.1) is 0 Å². The molecule has 1 nitrogen and oxygen atoms in total. The summed E-state index contributed by atoms with van der Waals surface area (Å²) < 4.78 is 0. The van der Waals surface area contributed by atoms with Crippen LogP contribution in [0.15, 0.2) is 30.3 Å². The van der Waals surface area contributed by atoms with Crippen LogP contribution in [0.25, 0.3) is 6.08 Å². The maximum absolute atomic E-state index is 5.56. The lowest BCUT2D eigenvalue weighted by molar-refractivity contribution is 1.63. The third kappa shape index (κ3) is 2.64. The Kier molecular flexibility index (Phi) is 2.99. The van der Waals surface area contributed by atoms with Gasteiger partial charge in [-0.2, -0.15) is 0 Å². The first kappa shape index (κ1) is 8.15. The number of alkyl halides is 1. The fraction of sp³-hybridized carbons (Fsp3) is 0.111. The zero-order chi connectivity index (χ0) is 8.10. The molecule has 2 heteroatoms. The van der Waals surface area contributed by atoms with E-state index in [1.807, 2.05) is 36.4 Å². The summed E-state index contributed by atoms with van der Waals surface area (Å²) in [6, 6.07) is 7.67. The molecule has 11 heavy (non-hydrogen) atoms. The SMILES string of the molecule is Nc1cccc(C=CCCl)c1. The monoisotopic (exact) mass is 167 g/mol. The first-order valence-corrected chi connectivity index (χ1v) is 3.94. The predicted molar refractivity (Wildman–Crippen MR) is 50.6 cm³/mol.